The van der Waals surface area contributed by atoms with Crippen molar-refractivity contribution in [2.75, 3.05) is 0 Å². The molecule has 0 saturated carbocycles. The van der Waals surface area contributed by atoms with Gasteiger partial charge in [-0.2, -0.15) is 0 Å². The van der Waals surface area contributed by atoms with Crippen LogP contribution in [0.5, 0.6) is 0 Å². The topological polar surface area (TPSA) is 12.9 Å². The number of benzene rings is 1. The molecule has 0 fully saturated rings. The van der Waals surface area contributed by atoms with Crippen LogP contribution in [0.4, 0.5) is 4.39 Å². The highest BCUT2D eigenvalue weighted by molar-refractivity contribution is 5.79. The van der Waals surface area contributed by atoms with Gasteiger partial charge >= 0.3 is 0 Å². The second kappa shape index (κ2) is 3.37. The fraction of sp³-hybridized carbons (Fsp3) is 0.250. The zero-order valence-corrected chi connectivity index (χ0v) is 8.29. The number of aromatic nitrogens is 1. The number of halogens is 1. The van der Waals surface area contributed by atoms with Crippen molar-refractivity contribution in [3.63, 3.8) is 0 Å². The zero-order valence-electron chi connectivity index (χ0n) is 8.29. The van der Waals surface area contributed by atoms with E-state index in [4.69, 9.17) is 0 Å². The summed E-state index contributed by atoms with van der Waals surface area (Å²) >= 11 is 0. The first-order valence-corrected chi connectivity index (χ1v) is 4.72. The van der Waals surface area contributed by atoms with Crippen LogP contribution < -0.4 is 0 Å². The molecule has 1 nitrogen and oxygen atoms in total. The smallest absolute Gasteiger partial charge is 0.149 e. The SMILES string of the molecule is CC(C)c1cc(F)c2ncccc2c1. The first kappa shape index (κ1) is 9.13. The second-order valence-electron chi connectivity index (χ2n) is 3.73. The third kappa shape index (κ3) is 1.48. The first-order valence-electron chi connectivity index (χ1n) is 4.72. The van der Waals surface area contributed by atoms with Gasteiger partial charge in [-0.05, 0) is 29.7 Å². The van der Waals surface area contributed by atoms with Crippen molar-refractivity contribution in [2.24, 2.45) is 0 Å². The van der Waals surface area contributed by atoms with Gasteiger partial charge in [-0.25, -0.2) is 4.39 Å². The van der Waals surface area contributed by atoms with E-state index < -0.39 is 0 Å². The second-order valence-corrected chi connectivity index (χ2v) is 3.73. The summed E-state index contributed by atoms with van der Waals surface area (Å²) in [7, 11) is 0. The summed E-state index contributed by atoms with van der Waals surface area (Å²) in [6.07, 6.45) is 1.61. The lowest BCUT2D eigenvalue weighted by atomic mass is 10.0. The lowest BCUT2D eigenvalue weighted by Crippen LogP contribution is -1.91. The van der Waals surface area contributed by atoms with E-state index >= 15 is 0 Å². The maximum Gasteiger partial charge on any atom is 0.149 e. The largest absolute Gasteiger partial charge is 0.253 e. The first-order chi connectivity index (χ1) is 6.68. The van der Waals surface area contributed by atoms with Gasteiger partial charge in [-0.1, -0.05) is 19.9 Å². The van der Waals surface area contributed by atoms with Crippen LogP contribution in [0.1, 0.15) is 25.3 Å². The van der Waals surface area contributed by atoms with Crippen molar-refractivity contribution in [1.29, 1.82) is 0 Å². The van der Waals surface area contributed by atoms with Crippen LogP contribution in [0.15, 0.2) is 30.5 Å². The molecule has 0 aliphatic carbocycles. The predicted molar refractivity (Wildman–Crippen MR) is 55.8 cm³/mol. The van der Waals surface area contributed by atoms with Crippen molar-refractivity contribution in [3.8, 4) is 0 Å². The van der Waals surface area contributed by atoms with Crippen LogP contribution in [0.3, 0.4) is 0 Å². The Morgan fingerprint density at radius 2 is 2.07 bits per heavy atom. The Bertz CT molecular complexity index is 463. The third-order valence-corrected chi connectivity index (χ3v) is 2.35. The molecule has 0 radical (unpaired) electrons. The summed E-state index contributed by atoms with van der Waals surface area (Å²) in [6.45, 7) is 4.11. The molecule has 72 valence electrons. The third-order valence-electron chi connectivity index (χ3n) is 2.35. The van der Waals surface area contributed by atoms with E-state index in [1.54, 1.807) is 12.3 Å². The van der Waals surface area contributed by atoms with Gasteiger partial charge in [0.05, 0.1) is 0 Å². The highest BCUT2D eigenvalue weighted by Crippen LogP contribution is 2.22. The van der Waals surface area contributed by atoms with E-state index in [2.05, 4.69) is 18.8 Å². The number of rotatable bonds is 1. The molecular formula is C12H12FN. The Morgan fingerprint density at radius 1 is 1.29 bits per heavy atom. The highest BCUT2D eigenvalue weighted by atomic mass is 19.1. The van der Waals surface area contributed by atoms with E-state index in [9.17, 15) is 4.39 Å². The molecule has 2 aromatic rings. The van der Waals surface area contributed by atoms with Crippen molar-refractivity contribution in [2.45, 2.75) is 19.8 Å². The summed E-state index contributed by atoms with van der Waals surface area (Å²) in [5.74, 6) is 0.112. The van der Waals surface area contributed by atoms with Crippen molar-refractivity contribution in [1.82, 2.24) is 4.98 Å². The van der Waals surface area contributed by atoms with E-state index in [1.807, 2.05) is 18.2 Å². The Hall–Kier alpha value is -1.44. The number of nitrogens with zero attached hydrogens (tertiary/aromatic N) is 1. The Morgan fingerprint density at radius 3 is 2.79 bits per heavy atom. The average Bonchev–Trinajstić information content (AvgIpc) is 2.17. The number of fused-ring (bicyclic) bond motifs is 1. The van der Waals surface area contributed by atoms with Gasteiger partial charge in [0.1, 0.15) is 11.3 Å². The van der Waals surface area contributed by atoms with Crippen LogP contribution >= 0.6 is 0 Å². The van der Waals surface area contributed by atoms with E-state index in [-0.39, 0.29) is 5.82 Å². The standard InChI is InChI=1S/C12H12FN/c1-8(2)10-6-9-4-3-5-14-12(9)11(13)7-10/h3-8H,1-2H3. The summed E-state index contributed by atoms with van der Waals surface area (Å²) < 4.78 is 13.5. The molecule has 0 bridgehead atoms. The maximum atomic E-state index is 13.5. The molecule has 0 unspecified atom stereocenters. The lowest BCUT2D eigenvalue weighted by molar-refractivity contribution is 0.632. The molecule has 2 heteroatoms. The summed E-state index contributed by atoms with van der Waals surface area (Å²) in [5, 5.41) is 0.871. The minimum absolute atomic E-state index is 0.230. The van der Waals surface area contributed by atoms with Crippen LogP contribution in [-0.4, -0.2) is 4.98 Å². The van der Waals surface area contributed by atoms with Gasteiger partial charge in [-0.15, -0.1) is 0 Å². The van der Waals surface area contributed by atoms with Gasteiger partial charge < -0.3 is 0 Å². The fourth-order valence-corrected chi connectivity index (χ4v) is 1.50. The number of hydrogen-bond donors (Lipinski definition) is 0. The molecule has 1 aromatic heterocycles. The molecule has 0 saturated heterocycles. The molecule has 0 N–H and O–H groups in total. The van der Waals surface area contributed by atoms with Crippen LogP contribution in [0.2, 0.25) is 0 Å². The minimum atomic E-state index is -0.230. The minimum Gasteiger partial charge on any atom is -0.253 e. The average molecular weight is 189 g/mol. The molecule has 0 atom stereocenters. The predicted octanol–water partition coefficient (Wildman–Crippen LogP) is 3.50. The van der Waals surface area contributed by atoms with Gasteiger partial charge in [0, 0.05) is 11.6 Å². The molecular weight excluding hydrogens is 177 g/mol. The highest BCUT2D eigenvalue weighted by Gasteiger charge is 2.06. The molecule has 0 spiro atoms. The molecule has 0 aliphatic heterocycles. The monoisotopic (exact) mass is 189 g/mol. The lowest BCUT2D eigenvalue weighted by Gasteiger charge is -2.07. The van der Waals surface area contributed by atoms with Gasteiger partial charge in [0.15, 0.2) is 0 Å². The molecule has 1 aromatic carbocycles. The molecule has 14 heavy (non-hydrogen) atoms. The Balaban J connectivity index is 2.72. The van der Waals surface area contributed by atoms with E-state index in [1.165, 1.54) is 0 Å². The molecule has 2 rings (SSSR count). The molecule has 1 heterocycles. The van der Waals surface area contributed by atoms with Crippen molar-refractivity contribution < 1.29 is 4.39 Å². The van der Waals surface area contributed by atoms with E-state index in [0.29, 0.717) is 11.4 Å². The van der Waals surface area contributed by atoms with Crippen LogP contribution in [-0.2, 0) is 0 Å². The fourth-order valence-electron chi connectivity index (χ4n) is 1.50. The summed E-state index contributed by atoms with van der Waals surface area (Å²) in [5.41, 5.74) is 1.47. The van der Waals surface area contributed by atoms with Gasteiger partial charge in [-0.3, -0.25) is 4.98 Å². The summed E-state index contributed by atoms with van der Waals surface area (Å²) in [4.78, 5) is 4.01. The Labute approximate surface area is 82.6 Å². The zero-order chi connectivity index (χ0) is 10.1. The van der Waals surface area contributed by atoms with Gasteiger partial charge in [0.2, 0.25) is 0 Å². The maximum absolute atomic E-state index is 13.5. The summed E-state index contributed by atoms with van der Waals surface area (Å²) in [6, 6.07) is 7.28. The number of pyridine rings is 1. The van der Waals surface area contributed by atoms with Gasteiger partial charge in [0.25, 0.3) is 0 Å². The normalized spacial score (nSPS) is 11.1. The van der Waals surface area contributed by atoms with Crippen LogP contribution in [0, 0.1) is 5.82 Å². The number of hydrogen-bond acceptors (Lipinski definition) is 1. The molecule has 0 aliphatic rings. The Kier molecular flexibility index (Phi) is 2.20. The van der Waals surface area contributed by atoms with Crippen LogP contribution in [0.25, 0.3) is 10.9 Å². The molecule has 0 amide bonds. The van der Waals surface area contributed by atoms with E-state index in [0.717, 1.165) is 10.9 Å². The van der Waals surface area contributed by atoms with Crippen molar-refractivity contribution >= 4 is 10.9 Å². The quantitative estimate of drug-likeness (QED) is 0.669. The van der Waals surface area contributed by atoms with Crippen molar-refractivity contribution in [3.05, 3.63) is 41.8 Å².